The molecule has 0 aliphatic rings. The number of hydrogen-bond donors (Lipinski definition) is 1. The lowest BCUT2D eigenvalue weighted by molar-refractivity contribution is 0.463. The molecule has 1 nitrogen and oxygen atoms in total. The van der Waals surface area contributed by atoms with Crippen molar-refractivity contribution in [3.05, 3.63) is 11.8 Å². The largest absolute Gasteiger partial charge is 0.386 e. The standard InChI is InChI=1S/C11H23N/c1-9(10(2,3)4)8-12-11(5,6)7/h8,12H,1-7H3/b9-8+. The van der Waals surface area contributed by atoms with E-state index in [-0.39, 0.29) is 11.0 Å². The third-order valence-electron chi connectivity index (χ3n) is 1.90. The quantitative estimate of drug-likeness (QED) is 0.635. The molecule has 72 valence electrons. The van der Waals surface area contributed by atoms with Crippen molar-refractivity contribution in [1.82, 2.24) is 5.32 Å². The van der Waals surface area contributed by atoms with Crippen molar-refractivity contribution in [1.29, 1.82) is 0 Å². The van der Waals surface area contributed by atoms with Crippen LogP contribution in [0, 0.1) is 5.41 Å². The zero-order valence-electron chi connectivity index (χ0n) is 9.58. The first-order chi connectivity index (χ1) is 5.13. The molecule has 0 atom stereocenters. The lowest BCUT2D eigenvalue weighted by Gasteiger charge is -2.24. The van der Waals surface area contributed by atoms with Crippen LogP contribution in [0.3, 0.4) is 0 Å². The number of hydrogen-bond acceptors (Lipinski definition) is 1. The lowest BCUT2D eigenvalue weighted by atomic mass is 9.88. The van der Waals surface area contributed by atoms with Gasteiger partial charge in [-0.15, -0.1) is 0 Å². The van der Waals surface area contributed by atoms with E-state index in [0.29, 0.717) is 0 Å². The summed E-state index contributed by atoms with van der Waals surface area (Å²) in [6.07, 6.45) is 2.12. The van der Waals surface area contributed by atoms with E-state index in [2.05, 4.69) is 60.0 Å². The number of allylic oxidation sites excluding steroid dienone is 1. The summed E-state index contributed by atoms with van der Waals surface area (Å²) in [7, 11) is 0. The van der Waals surface area contributed by atoms with Crippen LogP contribution < -0.4 is 5.32 Å². The lowest BCUT2D eigenvalue weighted by Crippen LogP contribution is -2.32. The molecule has 1 N–H and O–H groups in total. The second-order valence-corrected chi connectivity index (χ2v) is 5.47. The Bertz CT molecular complexity index is 164. The van der Waals surface area contributed by atoms with Crippen molar-refractivity contribution >= 4 is 0 Å². The van der Waals surface area contributed by atoms with Crippen LogP contribution in [0.15, 0.2) is 11.8 Å². The van der Waals surface area contributed by atoms with Gasteiger partial charge < -0.3 is 5.32 Å². The van der Waals surface area contributed by atoms with Gasteiger partial charge in [-0.1, -0.05) is 26.3 Å². The second-order valence-electron chi connectivity index (χ2n) is 5.47. The van der Waals surface area contributed by atoms with E-state index in [9.17, 15) is 0 Å². The fourth-order valence-electron chi connectivity index (χ4n) is 0.541. The van der Waals surface area contributed by atoms with Crippen LogP contribution in [0.2, 0.25) is 0 Å². The van der Waals surface area contributed by atoms with E-state index < -0.39 is 0 Å². The molecule has 0 heterocycles. The molecule has 0 saturated carbocycles. The predicted octanol–water partition coefficient (Wildman–Crippen LogP) is 3.32. The highest BCUT2D eigenvalue weighted by Crippen LogP contribution is 2.23. The minimum Gasteiger partial charge on any atom is -0.386 e. The zero-order valence-corrected chi connectivity index (χ0v) is 9.58. The third-order valence-corrected chi connectivity index (χ3v) is 1.90. The SMILES string of the molecule is C/C(=C\NC(C)(C)C)C(C)(C)C. The Kier molecular flexibility index (Phi) is 3.37. The van der Waals surface area contributed by atoms with Crippen molar-refractivity contribution in [3.63, 3.8) is 0 Å². The summed E-state index contributed by atoms with van der Waals surface area (Å²) in [6, 6.07) is 0. The molecule has 0 unspecified atom stereocenters. The van der Waals surface area contributed by atoms with Crippen molar-refractivity contribution in [2.75, 3.05) is 0 Å². The van der Waals surface area contributed by atoms with Gasteiger partial charge in [0.2, 0.25) is 0 Å². The van der Waals surface area contributed by atoms with Gasteiger partial charge in [0.25, 0.3) is 0 Å². The minimum atomic E-state index is 0.173. The minimum absolute atomic E-state index is 0.173. The van der Waals surface area contributed by atoms with E-state index in [1.807, 2.05) is 0 Å². The van der Waals surface area contributed by atoms with Gasteiger partial charge in [0.05, 0.1) is 0 Å². The van der Waals surface area contributed by atoms with Crippen LogP contribution in [-0.4, -0.2) is 5.54 Å². The Labute approximate surface area is 77.2 Å². The topological polar surface area (TPSA) is 12.0 Å². The summed E-state index contributed by atoms with van der Waals surface area (Å²) in [5, 5.41) is 3.37. The maximum atomic E-state index is 3.37. The van der Waals surface area contributed by atoms with Crippen molar-refractivity contribution in [2.45, 2.75) is 54.0 Å². The van der Waals surface area contributed by atoms with Crippen molar-refractivity contribution in [3.8, 4) is 0 Å². The molecular weight excluding hydrogens is 146 g/mol. The molecular formula is C11H23N. The Balaban J connectivity index is 4.21. The molecule has 0 bridgehead atoms. The monoisotopic (exact) mass is 169 g/mol. The molecule has 0 rings (SSSR count). The first kappa shape index (κ1) is 11.5. The van der Waals surface area contributed by atoms with Crippen LogP contribution in [0.1, 0.15) is 48.5 Å². The maximum absolute atomic E-state index is 3.37. The molecule has 0 aromatic rings. The zero-order chi connectivity index (χ0) is 9.99. The summed E-state index contributed by atoms with van der Waals surface area (Å²) in [5.74, 6) is 0. The molecule has 0 saturated heterocycles. The second kappa shape index (κ2) is 3.51. The molecule has 0 aliphatic carbocycles. The van der Waals surface area contributed by atoms with Gasteiger partial charge in [0, 0.05) is 5.54 Å². The van der Waals surface area contributed by atoms with E-state index in [1.165, 1.54) is 5.57 Å². The molecule has 0 amide bonds. The fourth-order valence-corrected chi connectivity index (χ4v) is 0.541. The predicted molar refractivity (Wildman–Crippen MR) is 56.1 cm³/mol. The summed E-state index contributed by atoms with van der Waals surface area (Å²) in [4.78, 5) is 0. The highest BCUT2D eigenvalue weighted by molar-refractivity contribution is 5.07. The molecule has 0 spiro atoms. The van der Waals surface area contributed by atoms with Gasteiger partial charge in [0.15, 0.2) is 0 Å². The Morgan fingerprint density at radius 1 is 1.00 bits per heavy atom. The van der Waals surface area contributed by atoms with E-state index in [4.69, 9.17) is 0 Å². The average Bonchev–Trinajstić information content (AvgIpc) is 1.78. The Morgan fingerprint density at radius 3 is 1.67 bits per heavy atom. The van der Waals surface area contributed by atoms with Gasteiger partial charge in [-0.05, 0) is 39.3 Å². The van der Waals surface area contributed by atoms with Gasteiger partial charge in [-0.25, -0.2) is 0 Å². The van der Waals surface area contributed by atoms with Crippen LogP contribution in [0.5, 0.6) is 0 Å². The molecule has 1 heteroatoms. The molecule has 0 aromatic carbocycles. The van der Waals surface area contributed by atoms with Crippen LogP contribution in [-0.2, 0) is 0 Å². The maximum Gasteiger partial charge on any atom is 0.0283 e. The van der Waals surface area contributed by atoms with Gasteiger partial charge in [0.1, 0.15) is 0 Å². The first-order valence-electron chi connectivity index (χ1n) is 4.58. The summed E-state index contributed by atoms with van der Waals surface area (Å²) in [5.41, 5.74) is 1.84. The Hall–Kier alpha value is -0.460. The van der Waals surface area contributed by atoms with Crippen LogP contribution in [0.4, 0.5) is 0 Å². The van der Waals surface area contributed by atoms with Gasteiger partial charge in [-0.3, -0.25) is 0 Å². The van der Waals surface area contributed by atoms with Crippen molar-refractivity contribution in [2.24, 2.45) is 5.41 Å². The van der Waals surface area contributed by atoms with E-state index in [0.717, 1.165) is 0 Å². The third kappa shape index (κ3) is 5.22. The Morgan fingerprint density at radius 2 is 1.42 bits per heavy atom. The smallest absolute Gasteiger partial charge is 0.0283 e. The highest BCUT2D eigenvalue weighted by atomic mass is 14.9. The molecule has 0 radical (unpaired) electrons. The average molecular weight is 169 g/mol. The number of nitrogens with one attached hydrogen (secondary N) is 1. The van der Waals surface area contributed by atoms with Gasteiger partial charge in [-0.2, -0.15) is 0 Å². The molecule has 0 aliphatic heterocycles. The van der Waals surface area contributed by atoms with E-state index in [1.54, 1.807) is 0 Å². The highest BCUT2D eigenvalue weighted by Gasteiger charge is 2.13. The number of rotatable bonds is 1. The molecule has 12 heavy (non-hydrogen) atoms. The molecule has 0 aromatic heterocycles. The first-order valence-corrected chi connectivity index (χ1v) is 4.58. The molecule has 0 fully saturated rings. The summed E-state index contributed by atoms with van der Waals surface area (Å²) >= 11 is 0. The normalized spacial score (nSPS) is 14.8. The van der Waals surface area contributed by atoms with E-state index >= 15 is 0 Å². The van der Waals surface area contributed by atoms with Crippen LogP contribution >= 0.6 is 0 Å². The van der Waals surface area contributed by atoms with Crippen molar-refractivity contribution < 1.29 is 0 Å². The summed E-state index contributed by atoms with van der Waals surface area (Å²) < 4.78 is 0. The van der Waals surface area contributed by atoms with Gasteiger partial charge >= 0.3 is 0 Å². The summed E-state index contributed by atoms with van der Waals surface area (Å²) in [6.45, 7) is 15.3. The van der Waals surface area contributed by atoms with Crippen LogP contribution in [0.25, 0.3) is 0 Å². The fraction of sp³-hybridized carbons (Fsp3) is 0.818.